The molecule has 0 rings (SSSR count). The summed E-state index contributed by atoms with van der Waals surface area (Å²) in [6.45, 7) is 13.2. The number of ether oxygens (including phenoxy) is 1. The van der Waals surface area contributed by atoms with Crippen LogP contribution < -0.4 is 5.32 Å². The van der Waals surface area contributed by atoms with Gasteiger partial charge in [-0.3, -0.25) is 4.79 Å². The van der Waals surface area contributed by atoms with Crippen molar-refractivity contribution in [1.29, 1.82) is 0 Å². The van der Waals surface area contributed by atoms with Crippen LogP contribution in [-0.2, 0) is 14.3 Å². The van der Waals surface area contributed by atoms with E-state index in [-0.39, 0.29) is 17.8 Å². The van der Waals surface area contributed by atoms with Gasteiger partial charge >= 0.3 is 5.97 Å². The second kappa shape index (κ2) is 9.98. The first-order valence-corrected chi connectivity index (χ1v) is 11.9. The van der Waals surface area contributed by atoms with Crippen molar-refractivity contribution in [3.05, 3.63) is 0 Å². The molecule has 0 spiro atoms. The highest BCUT2D eigenvalue weighted by atomic mass is 28.3. The van der Waals surface area contributed by atoms with Crippen LogP contribution in [0.2, 0.25) is 25.7 Å². The standard InChI is InChI=1S/C16H33NO3Si/c1-7-9-13(3)15(18)17-14(10-8-2)16(19)20-11-12-21(4,5)6/h13-14H,7-12H2,1-6H3,(H,17,18)/t13-,14-/m0/s1. The van der Waals surface area contributed by atoms with E-state index in [2.05, 4.69) is 31.9 Å². The number of rotatable bonds is 10. The Hall–Kier alpha value is -0.843. The SMILES string of the molecule is CCC[C@H](NC(=O)[C@@H](C)CCC)C(=O)OCC[Si](C)(C)C. The van der Waals surface area contributed by atoms with Gasteiger partial charge in [-0.05, 0) is 18.9 Å². The molecule has 0 aliphatic heterocycles. The lowest BCUT2D eigenvalue weighted by molar-refractivity contribution is -0.148. The van der Waals surface area contributed by atoms with E-state index in [0.29, 0.717) is 13.0 Å². The molecule has 1 N–H and O–H groups in total. The Morgan fingerprint density at radius 2 is 1.67 bits per heavy atom. The van der Waals surface area contributed by atoms with E-state index < -0.39 is 14.1 Å². The van der Waals surface area contributed by atoms with Crippen molar-refractivity contribution >= 4 is 20.0 Å². The first kappa shape index (κ1) is 20.2. The highest BCUT2D eigenvalue weighted by Crippen LogP contribution is 2.10. The zero-order valence-corrected chi connectivity index (χ0v) is 15.6. The van der Waals surface area contributed by atoms with Gasteiger partial charge in [0.25, 0.3) is 0 Å². The molecule has 4 nitrogen and oxygen atoms in total. The summed E-state index contributed by atoms with van der Waals surface area (Å²) >= 11 is 0. The zero-order valence-electron chi connectivity index (χ0n) is 14.6. The summed E-state index contributed by atoms with van der Waals surface area (Å²) in [5, 5.41) is 2.85. The average Bonchev–Trinajstić information content (AvgIpc) is 2.36. The van der Waals surface area contributed by atoms with E-state index in [1.165, 1.54) is 0 Å². The smallest absolute Gasteiger partial charge is 0.328 e. The molecule has 21 heavy (non-hydrogen) atoms. The Kier molecular flexibility index (Phi) is 9.58. The largest absolute Gasteiger partial charge is 0.464 e. The molecule has 0 aromatic heterocycles. The number of amides is 1. The number of hydrogen-bond acceptors (Lipinski definition) is 3. The van der Waals surface area contributed by atoms with Crippen LogP contribution in [0.5, 0.6) is 0 Å². The molecule has 5 heteroatoms. The minimum atomic E-state index is -1.20. The van der Waals surface area contributed by atoms with Crippen LogP contribution >= 0.6 is 0 Å². The fourth-order valence-corrected chi connectivity index (χ4v) is 2.69. The highest BCUT2D eigenvalue weighted by molar-refractivity contribution is 6.76. The lowest BCUT2D eigenvalue weighted by Gasteiger charge is -2.21. The van der Waals surface area contributed by atoms with Crippen LogP contribution in [0.25, 0.3) is 0 Å². The van der Waals surface area contributed by atoms with E-state index in [4.69, 9.17) is 4.74 Å². The molecule has 0 aromatic rings. The van der Waals surface area contributed by atoms with Crippen LogP contribution in [0, 0.1) is 5.92 Å². The van der Waals surface area contributed by atoms with Crippen molar-refractivity contribution in [1.82, 2.24) is 5.32 Å². The molecule has 124 valence electrons. The average molecular weight is 316 g/mol. The van der Waals surface area contributed by atoms with Crippen molar-refractivity contribution in [2.75, 3.05) is 6.61 Å². The van der Waals surface area contributed by atoms with Gasteiger partial charge < -0.3 is 10.1 Å². The van der Waals surface area contributed by atoms with Gasteiger partial charge in [-0.25, -0.2) is 4.79 Å². The van der Waals surface area contributed by atoms with Crippen LogP contribution in [0.3, 0.4) is 0 Å². The third-order valence-electron chi connectivity index (χ3n) is 3.44. The molecule has 0 bridgehead atoms. The number of hydrogen-bond donors (Lipinski definition) is 1. The van der Waals surface area contributed by atoms with Crippen molar-refractivity contribution in [3.63, 3.8) is 0 Å². The molecule has 0 unspecified atom stereocenters. The highest BCUT2D eigenvalue weighted by Gasteiger charge is 2.24. The normalized spacial score (nSPS) is 14.4. The van der Waals surface area contributed by atoms with E-state index in [1.807, 2.05) is 13.8 Å². The third-order valence-corrected chi connectivity index (χ3v) is 5.15. The second-order valence-electron chi connectivity index (χ2n) is 7.02. The molecule has 0 aromatic carbocycles. The minimum Gasteiger partial charge on any atom is -0.464 e. The Morgan fingerprint density at radius 1 is 1.10 bits per heavy atom. The molecule has 0 aliphatic carbocycles. The summed E-state index contributed by atoms with van der Waals surface area (Å²) in [5.41, 5.74) is 0. The molecule has 2 atom stereocenters. The summed E-state index contributed by atoms with van der Waals surface area (Å²) in [4.78, 5) is 24.2. The van der Waals surface area contributed by atoms with Gasteiger partial charge in [-0.2, -0.15) is 0 Å². The van der Waals surface area contributed by atoms with Gasteiger partial charge in [-0.1, -0.05) is 53.3 Å². The lowest BCUT2D eigenvalue weighted by Crippen LogP contribution is -2.44. The Bertz CT molecular complexity index is 326. The van der Waals surface area contributed by atoms with E-state index >= 15 is 0 Å². The monoisotopic (exact) mass is 315 g/mol. The molecule has 1 amide bonds. The Labute approximate surface area is 131 Å². The lowest BCUT2D eigenvalue weighted by atomic mass is 10.0. The molecule has 0 saturated heterocycles. The second-order valence-corrected chi connectivity index (χ2v) is 12.6. The molecular formula is C16H33NO3Si. The quantitative estimate of drug-likeness (QED) is 0.495. The summed E-state index contributed by atoms with van der Waals surface area (Å²) in [6, 6.07) is 0.459. The molecule has 0 aliphatic rings. The van der Waals surface area contributed by atoms with Gasteiger partial charge in [0.05, 0.1) is 6.61 Å². The number of carbonyl (C=O) groups excluding carboxylic acids is 2. The van der Waals surface area contributed by atoms with Crippen LogP contribution in [0.4, 0.5) is 0 Å². The summed E-state index contributed by atoms with van der Waals surface area (Å²) in [7, 11) is -1.20. The minimum absolute atomic E-state index is 0.0440. The molecular weight excluding hydrogens is 282 g/mol. The molecule has 0 radical (unpaired) electrons. The third kappa shape index (κ3) is 9.66. The molecule has 0 fully saturated rings. The number of esters is 1. The van der Waals surface area contributed by atoms with Gasteiger partial charge in [0.1, 0.15) is 6.04 Å². The van der Waals surface area contributed by atoms with Crippen LogP contribution in [0.15, 0.2) is 0 Å². The first-order valence-electron chi connectivity index (χ1n) is 8.18. The number of carbonyl (C=O) groups is 2. The molecule has 0 saturated carbocycles. The van der Waals surface area contributed by atoms with E-state index in [0.717, 1.165) is 25.3 Å². The van der Waals surface area contributed by atoms with Crippen molar-refractivity contribution in [3.8, 4) is 0 Å². The van der Waals surface area contributed by atoms with E-state index in [1.54, 1.807) is 0 Å². The van der Waals surface area contributed by atoms with Crippen LogP contribution in [0.1, 0.15) is 46.5 Å². The predicted octanol–water partition coefficient (Wildman–Crippen LogP) is 3.59. The fraction of sp³-hybridized carbons (Fsp3) is 0.875. The predicted molar refractivity (Wildman–Crippen MR) is 90.0 cm³/mol. The summed E-state index contributed by atoms with van der Waals surface area (Å²) in [5.74, 6) is -0.381. The van der Waals surface area contributed by atoms with Crippen molar-refractivity contribution in [2.24, 2.45) is 5.92 Å². The van der Waals surface area contributed by atoms with Crippen LogP contribution in [-0.4, -0.2) is 32.6 Å². The maximum atomic E-state index is 12.1. The maximum absolute atomic E-state index is 12.1. The van der Waals surface area contributed by atoms with Gasteiger partial charge in [0.2, 0.25) is 5.91 Å². The van der Waals surface area contributed by atoms with Gasteiger partial charge in [0.15, 0.2) is 0 Å². The van der Waals surface area contributed by atoms with Crippen molar-refractivity contribution < 1.29 is 14.3 Å². The van der Waals surface area contributed by atoms with Gasteiger partial charge in [-0.15, -0.1) is 0 Å². The maximum Gasteiger partial charge on any atom is 0.328 e. The zero-order chi connectivity index (χ0) is 16.5. The van der Waals surface area contributed by atoms with Gasteiger partial charge in [0, 0.05) is 14.0 Å². The summed E-state index contributed by atoms with van der Waals surface area (Å²) < 4.78 is 5.35. The molecule has 0 heterocycles. The Balaban J connectivity index is 4.39. The number of nitrogens with one attached hydrogen (secondary N) is 1. The topological polar surface area (TPSA) is 55.4 Å². The first-order chi connectivity index (χ1) is 9.71. The van der Waals surface area contributed by atoms with E-state index in [9.17, 15) is 9.59 Å². The fourth-order valence-electron chi connectivity index (χ4n) is 1.97. The van der Waals surface area contributed by atoms with Crippen molar-refractivity contribution in [2.45, 2.75) is 78.2 Å². The Morgan fingerprint density at radius 3 is 2.14 bits per heavy atom. The summed E-state index contributed by atoms with van der Waals surface area (Å²) in [6.07, 6.45) is 3.29.